The van der Waals surface area contributed by atoms with Crippen LogP contribution in [0, 0.1) is 6.92 Å². The van der Waals surface area contributed by atoms with Gasteiger partial charge in [-0.3, -0.25) is 4.79 Å². The Morgan fingerprint density at radius 1 is 1.16 bits per heavy atom. The highest BCUT2D eigenvalue weighted by atomic mass is 35.5. The lowest BCUT2D eigenvalue weighted by Gasteiger charge is -2.03. The van der Waals surface area contributed by atoms with Crippen molar-refractivity contribution in [1.29, 1.82) is 0 Å². The third-order valence-electron chi connectivity index (χ3n) is 3.03. The van der Waals surface area contributed by atoms with E-state index in [0.29, 0.717) is 10.6 Å². The number of ketones is 1. The third-order valence-corrected chi connectivity index (χ3v) is 4.21. The topological polar surface area (TPSA) is 17.1 Å². The van der Waals surface area contributed by atoms with E-state index in [1.807, 2.05) is 48.7 Å². The van der Waals surface area contributed by atoms with Crippen molar-refractivity contribution in [2.45, 2.75) is 6.92 Å². The third kappa shape index (κ3) is 2.29. The molecule has 0 saturated heterocycles. The first kappa shape index (κ1) is 12.4. The Morgan fingerprint density at radius 2 is 1.95 bits per heavy atom. The molecule has 0 atom stereocenters. The van der Waals surface area contributed by atoms with Gasteiger partial charge in [0.25, 0.3) is 0 Å². The summed E-state index contributed by atoms with van der Waals surface area (Å²) in [6.07, 6.45) is 0. The predicted molar refractivity (Wildman–Crippen MR) is 81.4 cm³/mol. The quantitative estimate of drug-likeness (QED) is 0.599. The van der Waals surface area contributed by atoms with Crippen LogP contribution < -0.4 is 0 Å². The van der Waals surface area contributed by atoms with Crippen LogP contribution in [0.5, 0.6) is 0 Å². The number of fused-ring (bicyclic) bond motifs is 1. The molecule has 1 aromatic heterocycles. The van der Waals surface area contributed by atoms with E-state index in [2.05, 4.69) is 0 Å². The van der Waals surface area contributed by atoms with E-state index in [1.54, 1.807) is 17.4 Å². The molecule has 0 spiro atoms. The van der Waals surface area contributed by atoms with Crippen LogP contribution in [0.2, 0.25) is 5.02 Å². The van der Waals surface area contributed by atoms with Crippen LogP contribution in [-0.4, -0.2) is 5.78 Å². The van der Waals surface area contributed by atoms with Crippen molar-refractivity contribution in [1.82, 2.24) is 0 Å². The maximum atomic E-state index is 12.6. The van der Waals surface area contributed by atoms with Crippen molar-refractivity contribution in [3.05, 3.63) is 69.6 Å². The van der Waals surface area contributed by atoms with Gasteiger partial charge in [-0.15, -0.1) is 11.3 Å². The van der Waals surface area contributed by atoms with Crippen LogP contribution in [0.1, 0.15) is 21.5 Å². The van der Waals surface area contributed by atoms with E-state index < -0.39 is 0 Å². The van der Waals surface area contributed by atoms with Gasteiger partial charge in [0, 0.05) is 31.6 Å². The van der Waals surface area contributed by atoms with Crippen molar-refractivity contribution < 1.29 is 4.79 Å². The van der Waals surface area contributed by atoms with E-state index >= 15 is 0 Å². The summed E-state index contributed by atoms with van der Waals surface area (Å²) in [4.78, 5) is 12.6. The van der Waals surface area contributed by atoms with Gasteiger partial charge in [0.1, 0.15) is 0 Å². The second-order valence-electron chi connectivity index (χ2n) is 4.49. The van der Waals surface area contributed by atoms with Crippen molar-refractivity contribution in [3.63, 3.8) is 0 Å². The number of hydrogen-bond acceptors (Lipinski definition) is 2. The molecule has 2 aromatic carbocycles. The largest absolute Gasteiger partial charge is 0.289 e. The van der Waals surface area contributed by atoms with E-state index in [1.165, 1.54) is 0 Å². The molecule has 3 rings (SSSR count). The number of carbonyl (C=O) groups is 1. The van der Waals surface area contributed by atoms with Gasteiger partial charge >= 0.3 is 0 Å². The van der Waals surface area contributed by atoms with Gasteiger partial charge in [-0.05, 0) is 36.8 Å². The number of thiophene rings is 1. The summed E-state index contributed by atoms with van der Waals surface area (Å²) in [5.41, 5.74) is 2.39. The van der Waals surface area contributed by atoms with E-state index in [0.717, 1.165) is 21.2 Å². The summed E-state index contributed by atoms with van der Waals surface area (Å²) < 4.78 is 1.13. The maximum Gasteiger partial charge on any atom is 0.194 e. The minimum absolute atomic E-state index is 0.0306. The summed E-state index contributed by atoms with van der Waals surface area (Å²) >= 11 is 7.62. The van der Waals surface area contributed by atoms with Crippen molar-refractivity contribution in [3.8, 4) is 0 Å². The van der Waals surface area contributed by atoms with Gasteiger partial charge in [-0.1, -0.05) is 29.8 Å². The number of rotatable bonds is 2. The Labute approximate surface area is 120 Å². The fourth-order valence-electron chi connectivity index (χ4n) is 2.18. The van der Waals surface area contributed by atoms with Crippen LogP contribution >= 0.6 is 22.9 Å². The molecule has 0 N–H and O–H groups in total. The standard InChI is InChI=1S/C16H11ClOS/c1-10-6-11(8-12(17)7-10)16(18)14-9-19-15-5-3-2-4-13(14)15/h2-9H,1H3. The molecule has 1 heterocycles. The normalized spacial score (nSPS) is 10.8. The van der Waals surface area contributed by atoms with Gasteiger partial charge in [-0.2, -0.15) is 0 Å². The summed E-state index contributed by atoms with van der Waals surface area (Å²) in [6.45, 7) is 1.94. The van der Waals surface area contributed by atoms with Crippen molar-refractivity contribution in [2.24, 2.45) is 0 Å². The highest BCUT2D eigenvalue weighted by Crippen LogP contribution is 2.28. The molecule has 0 saturated carbocycles. The fourth-order valence-corrected chi connectivity index (χ4v) is 3.41. The molecule has 94 valence electrons. The SMILES string of the molecule is Cc1cc(Cl)cc(C(=O)c2csc3ccccc23)c1. The molecule has 0 aliphatic heterocycles. The average Bonchev–Trinajstić information content (AvgIpc) is 2.80. The molecule has 19 heavy (non-hydrogen) atoms. The molecule has 0 aliphatic rings. The van der Waals surface area contributed by atoms with Crippen LogP contribution in [0.15, 0.2) is 47.8 Å². The second kappa shape index (κ2) is 4.80. The predicted octanol–water partition coefficient (Wildman–Crippen LogP) is 5.09. The zero-order valence-electron chi connectivity index (χ0n) is 10.3. The van der Waals surface area contributed by atoms with Crippen LogP contribution in [-0.2, 0) is 0 Å². The maximum absolute atomic E-state index is 12.6. The first-order valence-corrected chi connectivity index (χ1v) is 7.19. The minimum atomic E-state index is 0.0306. The van der Waals surface area contributed by atoms with Gasteiger partial charge in [-0.25, -0.2) is 0 Å². The zero-order valence-corrected chi connectivity index (χ0v) is 11.9. The summed E-state index contributed by atoms with van der Waals surface area (Å²) in [7, 11) is 0. The lowest BCUT2D eigenvalue weighted by molar-refractivity contribution is 0.104. The van der Waals surface area contributed by atoms with E-state index in [9.17, 15) is 4.79 Å². The van der Waals surface area contributed by atoms with Gasteiger partial charge < -0.3 is 0 Å². The monoisotopic (exact) mass is 286 g/mol. The molecule has 0 radical (unpaired) electrons. The van der Waals surface area contributed by atoms with Gasteiger partial charge in [0.05, 0.1) is 0 Å². The molecular formula is C16H11ClOS. The molecule has 1 nitrogen and oxygen atoms in total. The zero-order chi connectivity index (χ0) is 13.4. The van der Waals surface area contributed by atoms with Gasteiger partial charge in [0.15, 0.2) is 5.78 Å². The van der Waals surface area contributed by atoms with Crippen molar-refractivity contribution >= 4 is 38.8 Å². The van der Waals surface area contributed by atoms with Crippen LogP contribution in [0.3, 0.4) is 0 Å². The number of benzene rings is 2. The molecule has 0 aliphatic carbocycles. The lowest BCUT2D eigenvalue weighted by atomic mass is 10.0. The van der Waals surface area contributed by atoms with Gasteiger partial charge in [0.2, 0.25) is 0 Å². The number of halogens is 1. The average molecular weight is 287 g/mol. The lowest BCUT2D eigenvalue weighted by Crippen LogP contribution is -2.00. The first-order chi connectivity index (χ1) is 9.15. The molecule has 0 amide bonds. The number of hydrogen-bond donors (Lipinski definition) is 0. The fraction of sp³-hybridized carbons (Fsp3) is 0.0625. The molecule has 0 bridgehead atoms. The molecule has 0 unspecified atom stereocenters. The van der Waals surface area contributed by atoms with Crippen LogP contribution in [0.25, 0.3) is 10.1 Å². The van der Waals surface area contributed by atoms with E-state index in [-0.39, 0.29) is 5.78 Å². The highest BCUT2D eigenvalue weighted by molar-refractivity contribution is 7.17. The highest BCUT2D eigenvalue weighted by Gasteiger charge is 2.14. The molecule has 3 aromatic rings. The Kier molecular flexibility index (Phi) is 3.13. The minimum Gasteiger partial charge on any atom is -0.289 e. The summed E-state index contributed by atoms with van der Waals surface area (Å²) in [6, 6.07) is 13.4. The van der Waals surface area contributed by atoms with Crippen molar-refractivity contribution in [2.75, 3.05) is 0 Å². The Morgan fingerprint density at radius 3 is 2.74 bits per heavy atom. The molecular weight excluding hydrogens is 276 g/mol. The molecule has 3 heteroatoms. The second-order valence-corrected chi connectivity index (χ2v) is 5.84. The number of aryl methyl sites for hydroxylation is 1. The Bertz CT molecular complexity index is 753. The summed E-state index contributed by atoms with van der Waals surface area (Å²) in [5.74, 6) is 0.0306. The van der Waals surface area contributed by atoms with E-state index in [4.69, 9.17) is 11.6 Å². The van der Waals surface area contributed by atoms with Crippen LogP contribution in [0.4, 0.5) is 0 Å². The summed E-state index contributed by atoms with van der Waals surface area (Å²) in [5, 5.41) is 3.53. The smallest absolute Gasteiger partial charge is 0.194 e. The number of carbonyl (C=O) groups excluding carboxylic acids is 1. The molecule has 0 fully saturated rings. The first-order valence-electron chi connectivity index (χ1n) is 5.93. The Hall–Kier alpha value is -1.64. The Balaban J connectivity index is 2.13.